The molecule has 4 rings (SSSR count). The standard InChI is InChI=1S/C21H26N4O2/c1-15(2)14-24-17-9-5-6-10-18(17)25-19(21(24)27)13-16(22-25)20(26)23-11-7-3-4-8-12-23/h5-6,9-10,13,15H,3-4,7-8,11-12,14H2,1-2H3. The van der Waals surface area contributed by atoms with E-state index < -0.39 is 0 Å². The molecule has 0 spiro atoms. The fourth-order valence-corrected chi connectivity index (χ4v) is 3.92. The Kier molecular flexibility index (Phi) is 4.72. The van der Waals surface area contributed by atoms with Crippen LogP contribution in [0.1, 0.15) is 50.0 Å². The molecule has 1 aliphatic rings. The molecule has 0 bridgehead atoms. The van der Waals surface area contributed by atoms with E-state index in [1.807, 2.05) is 29.2 Å². The minimum Gasteiger partial charge on any atom is -0.337 e. The fourth-order valence-electron chi connectivity index (χ4n) is 3.92. The molecule has 1 aromatic carbocycles. The summed E-state index contributed by atoms with van der Waals surface area (Å²) in [6, 6.07) is 9.42. The first-order valence-electron chi connectivity index (χ1n) is 9.87. The topological polar surface area (TPSA) is 59.6 Å². The summed E-state index contributed by atoms with van der Waals surface area (Å²) < 4.78 is 3.44. The van der Waals surface area contributed by atoms with Crippen molar-refractivity contribution in [3.8, 4) is 0 Å². The van der Waals surface area contributed by atoms with Crippen molar-refractivity contribution in [3.05, 3.63) is 46.4 Å². The number of fused-ring (bicyclic) bond motifs is 3. The second-order valence-corrected chi connectivity index (χ2v) is 7.83. The number of amides is 1. The molecule has 1 aliphatic heterocycles. The minimum atomic E-state index is -0.0928. The third kappa shape index (κ3) is 3.24. The van der Waals surface area contributed by atoms with Crippen molar-refractivity contribution in [3.63, 3.8) is 0 Å². The van der Waals surface area contributed by atoms with Gasteiger partial charge in [-0.2, -0.15) is 5.10 Å². The van der Waals surface area contributed by atoms with E-state index in [1.165, 1.54) is 12.8 Å². The van der Waals surface area contributed by atoms with Crippen LogP contribution in [-0.2, 0) is 6.54 Å². The van der Waals surface area contributed by atoms with Crippen molar-refractivity contribution in [2.75, 3.05) is 13.1 Å². The number of carbonyl (C=O) groups excluding carboxylic acids is 1. The summed E-state index contributed by atoms with van der Waals surface area (Å²) in [6.07, 6.45) is 4.39. The van der Waals surface area contributed by atoms with Crippen LogP contribution in [0.3, 0.4) is 0 Å². The summed E-state index contributed by atoms with van der Waals surface area (Å²) in [7, 11) is 0. The molecule has 3 aromatic rings. The number of rotatable bonds is 3. The van der Waals surface area contributed by atoms with Gasteiger partial charge in [-0.15, -0.1) is 0 Å². The Balaban J connectivity index is 1.86. The summed E-state index contributed by atoms with van der Waals surface area (Å²) in [4.78, 5) is 28.0. The molecule has 0 unspecified atom stereocenters. The Labute approximate surface area is 158 Å². The molecule has 142 valence electrons. The second kappa shape index (κ2) is 7.18. The maximum absolute atomic E-state index is 13.1. The van der Waals surface area contributed by atoms with Gasteiger partial charge in [0, 0.05) is 25.7 Å². The molecule has 0 aliphatic carbocycles. The first kappa shape index (κ1) is 17.8. The van der Waals surface area contributed by atoms with E-state index in [0.29, 0.717) is 23.7 Å². The van der Waals surface area contributed by atoms with Gasteiger partial charge in [0.25, 0.3) is 11.5 Å². The van der Waals surface area contributed by atoms with Crippen molar-refractivity contribution < 1.29 is 4.79 Å². The molecule has 2 aromatic heterocycles. The van der Waals surface area contributed by atoms with Crippen molar-refractivity contribution in [1.29, 1.82) is 0 Å². The normalized spacial score (nSPS) is 15.6. The molecule has 6 nitrogen and oxygen atoms in total. The average molecular weight is 366 g/mol. The van der Waals surface area contributed by atoms with Gasteiger partial charge in [-0.3, -0.25) is 9.59 Å². The predicted octanol–water partition coefficient (Wildman–Crippen LogP) is 3.32. The van der Waals surface area contributed by atoms with Crippen LogP contribution in [0.2, 0.25) is 0 Å². The van der Waals surface area contributed by atoms with Crippen molar-refractivity contribution >= 4 is 22.5 Å². The van der Waals surface area contributed by atoms with Gasteiger partial charge in [0.1, 0.15) is 5.52 Å². The van der Waals surface area contributed by atoms with Crippen molar-refractivity contribution in [2.24, 2.45) is 5.92 Å². The Morgan fingerprint density at radius 2 is 1.70 bits per heavy atom. The highest BCUT2D eigenvalue weighted by Crippen LogP contribution is 2.18. The van der Waals surface area contributed by atoms with E-state index in [-0.39, 0.29) is 11.5 Å². The molecule has 6 heteroatoms. The third-order valence-electron chi connectivity index (χ3n) is 5.23. The van der Waals surface area contributed by atoms with E-state index in [0.717, 1.165) is 37.0 Å². The number of benzene rings is 1. The van der Waals surface area contributed by atoms with Gasteiger partial charge in [-0.05, 0) is 30.9 Å². The number of nitrogens with zero attached hydrogens (tertiary/aromatic N) is 4. The number of hydrogen-bond donors (Lipinski definition) is 0. The highest BCUT2D eigenvalue weighted by atomic mass is 16.2. The Morgan fingerprint density at radius 1 is 1.04 bits per heavy atom. The highest BCUT2D eigenvalue weighted by molar-refractivity contribution is 5.94. The number of carbonyl (C=O) groups is 1. The first-order valence-corrected chi connectivity index (χ1v) is 9.87. The molecule has 1 saturated heterocycles. The minimum absolute atomic E-state index is 0.0699. The fraction of sp³-hybridized carbons (Fsp3) is 0.476. The smallest absolute Gasteiger partial charge is 0.277 e. The summed E-state index contributed by atoms with van der Waals surface area (Å²) in [6.45, 7) is 6.36. The Hall–Kier alpha value is -2.63. The molecular weight excluding hydrogens is 340 g/mol. The zero-order valence-corrected chi connectivity index (χ0v) is 16.0. The van der Waals surface area contributed by atoms with E-state index in [4.69, 9.17) is 0 Å². The van der Waals surface area contributed by atoms with Crippen LogP contribution >= 0.6 is 0 Å². The first-order chi connectivity index (χ1) is 13.1. The van der Waals surface area contributed by atoms with Crippen LogP contribution in [0.4, 0.5) is 0 Å². The summed E-state index contributed by atoms with van der Waals surface area (Å²) in [5.41, 5.74) is 2.43. The quantitative estimate of drug-likeness (QED) is 0.714. The van der Waals surface area contributed by atoms with Crippen LogP contribution in [0.25, 0.3) is 16.6 Å². The Morgan fingerprint density at radius 3 is 2.37 bits per heavy atom. The lowest BCUT2D eigenvalue weighted by molar-refractivity contribution is 0.0755. The van der Waals surface area contributed by atoms with E-state index >= 15 is 0 Å². The van der Waals surface area contributed by atoms with Gasteiger partial charge in [0.2, 0.25) is 0 Å². The van der Waals surface area contributed by atoms with Crippen LogP contribution in [-0.4, -0.2) is 38.1 Å². The summed E-state index contributed by atoms with van der Waals surface area (Å²) in [5, 5.41) is 4.54. The second-order valence-electron chi connectivity index (χ2n) is 7.83. The van der Waals surface area contributed by atoms with Gasteiger partial charge in [0.15, 0.2) is 5.69 Å². The van der Waals surface area contributed by atoms with Gasteiger partial charge < -0.3 is 9.47 Å². The average Bonchev–Trinajstić information content (AvgIpc) is 2.93. The van der Waals surface area contributed by atoms with Crippen molar-refractivity contribution in [2.45, 2.75) is 46.1 Å². The SMILES string of the molecule is CC(C)Cn1c(=O)c2cc(C(=O)N3CCCCCC3)nn2c2ccccc21. The summed E-state index contributed by atoms with van der Waals surface area (Å²) >= 11 is 0. The molecule has 1 fully saturated rings. The molecular formula is C21H26N4O2. The van der Waals surface area contributed by atoms with Crippen LogP contribution in [0.15, 0.2) is 35.1 Å². The van der Waals surface area contributed by atoms with Crippen LogP contribution in [0.5, 0.6) is 0 Å². The van der Waals surface area contributed by atoms with Crippen LogP contribution in [0, 0.1) is 5.92 Å². The molecule has 27 heavy (non-hydrogen) atoms. The van der Waals surface area contributed by atoms with E-state index in [1.54, 1.807) is 15.1 Å². The highest BCUT2D eigenvalue weighted by Gasteiger charge is 2.22. The third-order valence-corrected chi connectivity index (χ3v) is 5.23. The van der Waals surface area contributed by atoms with E-state index in [2.05, 4.69) is 18.9 Å². The lowest BCUT2D eigenvalue weighted by Gasteiger charge is -2.18. The largest absolute Gasteiger partial charge is 0.337 e. The predicted molar refractivity (Wildman–Crippen MR) is 106 cm³/mol. The zero-order chi connectivity index (χ0) is 19.0. The number of para-hydroxylation sites is 2. The zero-order valence-electron chi connectivity index (χ0n) is 16.0. The molecule has 3 heterocycles. The lowest BCUT2D eigenvalue weighted by Crippen LogP contribution is -2.32. The Bertz CT molecular complexity index is 1040. The van der Waals surface area contributed by atoms with Gasteiger partial charge in [-0.1, -0.05) is 38.8 Å². The maximum atomic E-state index is 13.1. The number of hydrogen-bond acceptors (Lipinski definition) is 3. The monoisotopic (exact) mass is 366 g/mol. The number of likely N-dealkylation sites (tertiary alicyclic amines) is 1. The van der Waals surface area contributed by atoms with Crippen LogP contribution < -0.4 is 5.56 Å². The van der Waals surface area contributed by atoms with Gasteiger partial charge in [-0.25, -0.2) is 4.52 Å². The van der Waals surface area contributed by atoms with Gasteiger partial charge in [0.05, 0.1) is 11.0 Å². The molecule has 1 amide bonds. The molecule has 0 radical (unpaired) electrons. The van der Waals surface area contributed by atoms with E-state index in [9.17, 15) is 9.59 Å². The molecule has 0 N–H and O–H groups in total. The molecule has 0 saturated carbocycles. The van der Waals surface area contributed by atoms with Crippen molar-refractivity contribution in [1.82, 2.24) is 19.1 Å². The van der Waals surface area contributed by atoms with Gasteiger partial charge >= 0.3 is 0 Å². The number of aromatic nitrogens is 3. The molecule has 0 atom stereocenters. The summed E-state index contributed by atoms with van der Waals surface area (Å²) in [5.74, 6) is 0.272. The lowest BCUT2D eigenvalue weighted by atomic mass is 10.2. The maximum Gasteiger partial charge on any atom is 0.277 e.